The van der Waals surface area contributed by atoms with Gasteiger partial charge in [-0.3, -0.25) is 4.79 Å². The van der Waals surface area contributed by atoms with E-state index in [1.807, 2.05) is 43.3 Å². The van der Waals surface area contributed by atoms with Crippen LogP contribution in [0.2, 0.25) is 5.02 Å². The van der Waals surface area contributed by atoms with Crippen LogP contribution in [0.15, 0.2) is 70.7 Å². The fraction of sp³-hybridized carbons (Fsp3) is 0.120. The third kappa shape index (κ3) is 5.91. The average Bonchev–Trinajstić information content (AvgIpc) is 2.79. The smallest absolute Gasteiger partial charge is 0.266 e. The number of nitriles is 1. The van der Waals surface area contributed by atoms with Crippen molar-refractivity contribution in [2.75, 3.05) is 12.4 Å². The predicted octanol–water partition coefficient (Wildman–Crippen LogP) is 6.54. The Hall–Kier alpha value is -3.27. The molecule has 162 valence electrons. The van der Waals surface area contributed by atoms with Crippen molar-refractivity contribution in [3.8, 4) is 17.6 Å². The molecular formula is C25H20BrClN2O3. The Kier molecular flexibility index (Phi) is 7.93. The second kappa shape index (κ2) is 10.9. The van der Waals surface area contributed by atoms with E-state index in [4.69, 9.17) is 21.1 Å². The van der Waals surface area contributed by atoms with Gasteiger partial charge in [-0.15, -0.1) is 0 Å². The minimum Gasteiger partial charge on any atom is -0.493 e. The Labute approximate surface area is 200 Å². The Morgan fingerprint density at radius 2 is 1.94 bits per heavy atom. The van der Waals surface area contributed by atoms with Crippen LogP contribution in [-0.2, 0) is 11.4 Å². The van der Waals surface area contributed by atoms with E-state index in [1.54, 1.807) is 30.3 Å². The second-order valence-corrected chi connectivity index (χ2v) is 8.18. The lowest BCUT2D eigenvalue weighted by atomic mass is 10.1. The Bertz CT molecular complexity index is 1200. The molecule has 32 heavy (non-hydrogen) atoms. The van der Waals surface area contributed by atoms with Crippen LogP contribution in [-0.4, -0.2) is 13.0 Å². The average molecular weight is 512 g/mol. The number of anilines is 1. The van der Waals surface area contributed by atoms with Gasteiger partial charge in [0.05, 0.1) is 11.6 Å². The van der Waals surface area contributed by atoms with Gasteiger partial charge in [0.2, 0.25) is 0 Å². The maximum atomic E-state index is 12.7. The number of rotatable bonds is 7. The van der Waals surface area contributed by atoms with Gasteiger partial charge in [0, 0.05) is 10.7 Å². The van der Waals surface area contributed by atoms with Gasteiger partial charge in [-0.25, -0.2) is 0 Å². The van der Waals surface area contributed by atoms with Crippen LogP contribution >= 0.6 is 27.5 Å². The first-order valence-electron chi connectivity index (χ1n) is 9.65. The lowest BCUT2D eigenvalue weighted by Crippen LogP contribution is -2.14. The van der Waals surface area contributed by atoms with Crippen molar-refractivity contribution in [1.82, 2.24) is 0 Å². The number of benzene rings is 3. The minimum atomic E-state index is -0.530. The van der Waals surface area contributed by atoms with Crippen LogP contribution in [0.1, 0.15) is 16.7 Å². The highest BCUT2D eigenvalue weighted by atomic mass is 79.9. The maximum absolute atomic E-state index is 12.7. The number of carbonyl (C=O) groups excluding carboxylic acids is 1. The number of halogens is 2. The summed E-state index contributed by atoms with van der Waals surface area (Å²) in [6, 6.07) is 20.4. The SMILES string of the molecule is COc1cc(/C=C(\C#N)C(=O)Nc2cc(Cl)ccc2C)cc(Br)c1OCc1ccccc1. The van der Waals surface area contributed by atoms with Crippen molar-refractivity contribution in [1.29, 1.82) is 5.26 Å². The molecule has 0 aliphatic carbocycles. The first-order valence-corrected chi connectivity index (χ1v) is 10.8. The van der Waals surface area contributed by atoms with E-state index in [2.05, 4.69) is 21.2 Å². The standard InChI is InChI=1S/C25H20BrClN2O3/c1-16-8-9-20(27)13-22(16)29-25(30)19(14-28)10-18-11-21(26)24(23(12-18)31-2)32-15-17-6-4-3-5-7-17/h3-13H,15H2,1-2H3,(H,29,30)/b19-10+. The zero-order chi connectivity index (χ0) is 23.1. The zero-order valence-electron chi connectivity index (χ0n) is 17.5. The molecule has 3 aromatic rings. The summed E-state index contributed by atoms with van der Waals surface area (Å²) in [4.78, 5) is 12.7. The van der Waals surface area contributed by atoms with Crippen molar-refractivity contribution < 1.29 is 14.3 Å². The third-order valence-electron chi connectivity index (χ3n) is 4.60. The van der Waals surface area contributed by atoms with Crippen LogP contribution < -0.4 is 14.8 Å². The highest BCUT2D eigenvalue weighted by Gasteiger charge is 2.15. The van der Waals surface area contributed by atoms with Crippen LogP contribution in [0.5, 0.6) is 11.5 Å². The highest BCUT2D eigenvalue weighted by molar-refractivity contribution is 9.10. The first-order chi connectivity index (χ1) is 15.4. The van der Waals surface area contributed by atoms with E-state index >= 15 is 0 Å². The molecule has 7 heteroatoms. The molecule has 0 spiro atoms. The first kappa shape index (κ1) is 23.4. The molecule has 0 bridgehead atoms. The van der Waals surface area contributed by atoms with Gasteiger partial charge >= 0.3 is 0 Å². The highest BCUT2D eigenvalue weighted by Crippen LogP contribution is 2.38. The number of amides is 1. The van der Waals surface area contributed by atoms with Crippen LogP contribution in [0.25, 0.3) is 6.08 Å². The van der Waals surface area contributed by atoms with Crippen molar-refractivity contribution >= 4 is 45.2 Å². The van der Waals surface area contributed by atoms with Crippen LogP contribution in [0.3, 0.4) is 0 Å². The van der Waals surface area contributed by atoms with Crippen LogP contribution in [0, 0.1) is 18.3 Å². The fourth-order valence-corrected chi connectivity index (χ4v) is 3.67. The van der Waals surface area contributed by atoms with E-state index in [0.717, 1.165) is 11.1 Å². The molecule has 1 N–H and O–H groups in total. The summed E-state index contributed by atoms with van der Waals surface area (Å²) in [7, 11) is 1.53. The van der Waals surface area contributed by atoms with Gasteiger partial charge in [0.1, 0.15) is 18.2 Å². The monoisotopic (exact) mass is 510 g/mol. The number of nitrogens with zero attached hydrogens (tertiary/aromatic N) is 1. The van der Waals surface area contributed by atoms with Crippen molar-refractivity contribution in [2.24, 2.45) is 0 Å². The Morgan fingerprint density at radius 3 is 2.62 bits per heavy atom. The summed E-state index contributed by atoms with van der Waals surface area (Å²) in [5.74, 6) is 0.480. The summed E-state index contributed by atoms with van der Waals surface area (Å²) < 4.78 is 12.0. The molecule has 0 unspecified atom stereocenters. The molecule has 3 aromatic carbocycles. The van der Waals surface area contributed by atoms with Gasteiger partial charge in [-0.1, -0.05) is 48.0 Å². The van der Waals surface area contributed by atoms with Crippen LogP contribution in [0.4, 0.5) is 5.69 Å². The lowest BCUT2D eigenvalue weighted by Gasteiger charge is -2.14. The number of methoxy groups -OCH3 is 1. The maximum Gasteiger partial charge on any atom is 0.266 e. The molecule has 0 radical (unpaired) electrons. The molecular weight excluding hydrogens is 492 g/mol. The van der Waals surface area contributed by atoms with Gasteiger partial charge in [0.25, 0.3) is 5.91 Å². The fourth-order valence-electron chi connectivity index (χ4n) is 2.93. The van der Waals surface area contributed by atoms with Gasteiger partial charge in [0.15, 0.2) is 11.5 Å². The Morgan fingerprint density at radius 1 is 1.19 bits per heavy atom. The summed E-state index contributed by atoms with van der Waals surface area (Å²) in [5, 5.41) is 12.8. The quantitative estimate of drug-likeness (QED) is 0.289. The number of ether oxygens (including phenoxy) is 2. The van der Waals surface area contributed by atoms with E-state index in [1.165, 1.54) is 13.2 Å². The van der Waals surface area contributed by atoms with Gasteiger partial charge in [-0.05, 0) is 69.9 Å². The Balaban J connectivity index is 1.84. The van der Waals surface area contributed by atoms with Gasteiger partial charge < -0.3 is 14.8 Å². The molecule has 0 fully saturated rings. The summed E-state index contributed by atoms with van der Waals surface area (Å²) in [6.07, 6.45) is 1.49. The van der Waals surface area contributed by atoms with Crippen molar-refractivity contribution in [3.63, 3.8) is 0 Å². The minimum absolute atomic E-state index is 0.0590. The molecule has 1 amide bonds. The molecule has 0 aliphatic heterocycles. The second-order valence-electron chi connectivity index (χ2n) is 6.89. The van der Waals surface area contributed by atoms with Gasteiger partial charge in [-0.2, -0.15) is 5.26 Å². The largest absolute Gasteiger partial charge is 0.493 e. The summed E-state index contributed by atoms with van der Waals surface area (Å²) in [5.41, 5.74) is 2.95. The van der Waals surface area contributed by atoms with E-state index in [9.17, 15) is 10.1 Å². The predicted molar refractivity (Wildman–Crippen MR) is 130 cm³/mol. The number of hydrogen-bond acceptors (Lipinski definition) is 4. The van der Waals surface area contributed by atoms with E-state index < -0.39 is 5.91 Å². The topological polar surface area (TPSA) is 71.3 Å². The third-order valence-corrected chi connectivity index (χ3v) is 5.43. The number of hydrogen-bond donors (Lipinski definition) is 1. The molecule has 3 rings (SSSR count). The molecule has 0 heterocycles. The number of carbonyl (C=O) groups is 1. The number of aryl methyl sites for hydroxylation is 1. The summed E-state index contributed by atoms with van der Waals surface area (Å²) >= 11 is 9.51. The van der Waals surface area contributed by atoms with E-state index in [-0.39, 0.29) is 5.57 Å². The zero-order valence-corrected chi connectivity index (χ0v) is 19.8. The molecule has 0 saturated heterocycles. The molecule has 0 atom stereocenters. The van der Waals surface area contributed by atoms with Crippen molar-refractivity contribution in [3.05, 3.63) is 92.4 Å². The van der Waals surface area contributed by atoms with Crippen molar-refractivity contribution in [2.45, 2.75) is 13.5 Å². The summed E-state index contributed by atoms with van der Waals surface area (Å²) in [6.45, 7) is 2.22. The van der Waals surface area contributed by atoms with E-state index in [0.29, 0.717) is 38.9 Å². The molecule has 0 saturated carbocycles. The number of nitrogens with one attached hydrogen (secondary N) is 1. The molecule has 5 nitrogen and oxygen atoms in total. The molecule has 0 aliphatic rings. The normalized spacial score (nSPS) is 10.9. The molecule has 0 aromatic heterocycles. The lowest BCUT2D eigenvalue weighted by molar-refractivity contribution is -0.112.